The molecule has 0 bridgehead atoms. The third-order valence-electron chi connectivity index (χ3n) is 4.24. The van der Waals surface area contributed by atoms with E-state index in [0.717, 1.165) is 34.8 Å². The lowest BCUT2D eigenvalue weighted by atomic mass is 10.0. The van der Waals surface area contributed by atoms with Gasteiger partial charge in [-0.05, 0) is 35.9 Å². The number of carbonyl (C=O) groups excluding carboxylic acids is 1. The maximum Gasteiger partial charge on any atom is 0.291 e. The summed E-state index contributed by atoms with van der Waals surface area (Å²) >= 11 is 0. The number of nitrogens with zero attached hydrogens (tertiary/aromatic N) is 3. The molecule has 1 amide bonds. The summed E-state index contributed by atoms with van der Waals surface area (Å²) in [5, 5.41) is 2.84. The number of pyridine rings is 1. The Morgan fingerprint density at radius 2 is 2.08 bits per heavy atom. The number of fused-ring (bicyclic) bond motifs is 1. The van der Waals surface area contributed by atoms with E-state index in [4.69, 9.17) is 4.42 Å². The van der Waals surface area contributed by atoms with Crippen LogP contribution in [-0.2, 0) is 6.42 Å². The van der Waals surface area contributed by atoms with E-state index in [1.165, 1.54) is 6.26 Å². The molecular weight excluding hydrogens is 328 g/mol. The largest absolute Gasteiger partial charge is 0.459 e. The summed E-state index contributed by atoms with van der Waals surface area (Å²) in [5.41, 5.74) is 4.77. The van der Waals surface area contributed by atoms with Gasteiger partial charge in [-0.25, -0.2) is 9.98 Å². The molecule has 1 aromatic carbocycles. The molecule has 0 fully saturated rings. The number of rotatable bonds is 4. The van der Waals surface area contributed by atoms with E-state index in [2.05, 4.69) is 21.4 Å². The van der Waals surface area contributed by atoms with Crippen LogP contribution in [0, 0.1) is 0 Å². The topological polar surface area (TPSA) is 70.7 Å². The van der Waals surface area contributed by atoms with Gasteiger partial charge in [0.15, 0.2) is 11.6 Å². The van der Waals surface area contributed by atoms with Crippen LogP contribution in [0.5, 0.6) is 0 Å². The Bertz CT molecular complexity index is 991. The van der Waals surface area contributed by atoms with Crippen molar-refractivity contribution in [2.75, 3.05) is 24.3 Å². The summed E-state index contributed by atoms with van der Waals surface area (Å²) in [6, 6.07) is 13.1. The molecule has 26 heavy (non-hydrogen) atoms. The minimum Gasteiger partial charge on any atom is -0.459 e. The molecule has 130 valence electrons. The average molecular weight is 346 g/mol. The van der Waals surface area contributed by atoms with Crippen molar-refractivity contribution in [3.63, 3.8) is 0 Å². The summed E-state index contributed by atoms with van der Waals surface area (Å²) in [6.07, 6.45) is 4.02. The number of hydrogen-bond donors (Lipinski definition) is 1. The first-order valence-corrected chi connectivity index (χ1v) is 8.29. The SMILES string of the molecule is CN(C)c1cnc2c(c1)CC(c1cccc(NC(=O)c3ccco3)c1)=N2. The molecule has 6 nitrogen and oxygen atoms in total. The number of aromatic nitrogens is 1. The van der Waals surface area contributed by atoms with Crippen LogP contribution in [0.3, 0.4) is 0 Å². The van der Waals surface area contributed by atoms with Crippen molar-refractivity contribution in [3.8, 4) is 0 Å². The normalized spacial score (nSPS) is 12.5. The lowest BCUT2D eigenvalue weighted by Gasteiger charge is -2.12. The number of furan rings is 1. The number of benzene rings is 1. The first-order chi connectivity index (χ1) is 12.6. The highest BCUT2D eigenvalue weighted by molar-refractivity contribution is 6.08. The lowest BCUT2D eigenvalue weighted by Crippen LogP contribution is -2.11. The third kappa shape index (κ3) is 3.09. The Morgan fingerprint density at radius 3 is 2.85 bits per heavy atom. The Hall–Kier alpha value is -3.41. The second-order valence-corrected chi connectivity index (χ2v) is 6.32. The molecule has 3 heterocycles. The predicted molar refractivity (Wildman–Crippen MR) is 102 cm³/mol. The van der Waals surface area contributed by atoms with Gasteiger partial charge in [-0.3, -0.25) is 4.79 Å². The zero-order chi connectivity index (χ0) is 18.1. The second kappa shape index (κ2) is 6.48. The molecule has 4 rings (SSSR count). The molecule has 0 saturated carbocycles. The molecule has 2 aromatic heterocycles. The van der Waals surface area contributed by atoms with Crippen LogP contribution in [0.1, 0.15) is 21.7 Å². The molecule has 0 saturated heterocycles. The lowest BCUT2D eigenvalue weighted by molar-refractivity contribution is 0.0996. The van der Waals surface area contributed by atoms with Gasteiger partial charge in [0, 0.05) is 31.8 Å². The first-order valence-electron chi connectivity index (χ1n) is 8.29. The molecule has 3 aromatic rings. The van der Waals surface area contributed by atoms with Crippen molar-refractivity contribution < 1.29 is 9.21 Å². The standard InChI is InChI=1S/C20H18N4O2/c1-24(2)16-10-14-11-17(23-19(14)21-12-16)13-5-3-6-15(9-13)22-20(25)18-7-4-8-26-18/h3-10,12H,11H2,1-2H3,(H,22,25). The maximum atomic E-state index is 12.1. The van der Waals surface area contributed by atoms with Crippen LogP contribution in [0.25, 0.3) is 0 Å². The Morgan fingerprint density at radius 1 is 1.19 bits per heavy atom. The highest BCUT2D eigenvalue weighted by atomic mass is 16.3. The smallest absolute Gasteiger partial charge is 0.291 e. The first kappa shape index (κ1) is 16.1. The molecule has 1 aliphatic heterocycles. The molecule has 0 radical (unpaired) electrons. The zero-order valence-electron chi connectivity index (χ0n) is 14.6. The van der Waals surface area contributed by atoms with E-state index >= 15 is 0 Å². The minimum absolute atomic E-state index is 0.277. The summed E-state index contributed by atoms with van der Waals surface area (Å²) in [7, 11) is 3.98. The highest BCUT2D eigenvalue weighted by Crippen LogP contribution is 2.30. The molecule has 1 aliphatic rings. The van der Waals surface area contributed by atoms with Crippen molar-refractivity contribution in [1.29, 1.82) is 0 Å². The van der Waals surface area contributed by atoms with E-state index in [1.807, 2.05) is 49.5 Å². The van der Waals surface area contributed by atoms with E-state index in [1.54, 1.807) is 12.1 Å². The molecule has 0 unspecified atom stereocenters. The highest BCUT2D eigenvalue weighted by Gasteiger charge is 2.19. The fourth-order valence-corrected chi connectivity index (χ4v) is 2.86. The predicted octanol–water partition coefficient (Wildman–Crippen LogP) is 3.67. The number of carbonyl (C=O) groups is 1. The molecule has 1 N–H and O–H groups in total. The third-order valence-corrected chi connectivity index (χ3v) is 4.24. The van der Waals surface area contributed by atoms with Crippen molar-refractivity contribution in [1.82, 2.24) is 4.98 Å². The fourth-order valence-electron chi connectivity index (χ4n) is 2.86. The fraction of sp³-hybridized carbons (Fsp3) is 0.150. The number of nitrogens with one attached hydrogen (secondary N) is 1. The van der Waals surface area contributed by atoms with Crippen LogP contribution in [0.4, 0.5) is 17.2 Å². The molecule has 6 heteroatoms. The van der Waals surface area contributed by atoms with Crippen LogP contribution in [-0.4, -0.2) is 30.7 Å². The minimum atomic E-state index is -0.277. The Labute approximate surface area is 151 Å². The second-order valence-electron chi connectivity index (χ2n) is 6.32. The van der Waals surface area contributed by atoms with Gasteiger partial charge in [0.1, 0.15) is 0 Å². The quantitative estimate of drug-likeness (QED) is 0.782. The van der Waals surface area contributed by atoms with Crippen molar-refractivity contribution in [3.05, 3.63) is 71.8 Å². The average Bonchev–Trinajstić information content (AvgIpc) is 3.31. The van der Waals surface area contributed by atoms with Gasteiger partial charge >= 0.3 is 0 Å². The maximum absolute atomic E-state index is 12.1. The van der Waals surface area contributed by atoms with Gasteiger partial charge in [0.25, 0.3) is 5.91 Å². The molecule has 0 aliphatic carbocycles. The Balaban J connectivity index is 1.55. The van der Waals surface area contributed by atoms with Crippen molar-refractivity contribution >= 4 is 28.8 Å². The Kier molecular flexibility index (Phi) is 4.01. The summed E-state index contributed by atoms with van der Waals surface area (Å²) < 4.78 is 5.12. The van der Waals surface area contributed by atoms with Gasteiger partial charge in [0.05, 0.1) is 23.9 Å². The van der Waals surface area contributed by atoms with Crippen molar-refractivity contribution in [2.45, 2.75) is 6.42 Å². The van der Waals surface area contributed by atoms with E-state index in [-0.39, 0.29) is 11.7 Å². The van der Waals surface area contributed by atoms with Crippen LogP contribution >= 0.6 is 0 Å². The summed E-state index contributed by atoms with van der Waals surface area (Å²) in [4.78, 5) is 23.3. The number of amides is 1. The van der Waals surface area contributed by atoms with Crippen LogP contribution in [0.2, 0.25) is 0 Å². The van der Waals surface area contributed by atoms with E-state index < -0.39 is 0 Å². The van der Waals surface area contributed by atoms with Gasteiger partial charge in [-0.2, -0.15) is 0 Å². The van der Waals surface area contributed by atoms with Gasteiger partial charge in [0.2, 0.25) is 0 Å². The summed E-state index contributed by atoms with van der Waals surface area (Å²) in [6.45, 7) is 0. The van der Waals surface area contributed by atoms with Crippen LogP contribution in [0.15, 0.2) is 64.3 Å². The molecule has 0 atom stereocenters. The van der Waals surface area contributed by atoms with Gasteiger partial charge in [-0.15, -0.1) is 0 Å². The monoisotopic (exact) mass is 346 g/mol. The van der Waals surface area contributed by atoms with Crippen LogP contribution < -0.4 is 10.2 Å². The number of hydrogen-bond acceptors (Lipinski definition) is 5. The molecular formula is C20H18N4O2. The van der Waals surface area contributed by atoms with Gasteiger partial charge in [-0.1, -0.05) is 12.1 Å². The van der Waals surface area contributed by atoms with E-state index in [0.29, 0.717) is 5.69 Å². The molecule has 0 spiro atoms. The van der Waals surface area contributed by atoms with E-state index in [9.17, 15) is 4.79 Å². The summed E-state index contributed by atoms with van der Waals surface area (Å²) in [5.74, 6) is 0.762. The van der Waals surface area contributed by atoms with Gasteiger partial charge < -0.3 is 14.6 Å². The van der Waals surface area contributed by atoms with Crippen molar-refractivity contribution in [2.24, 2.45) is 4.99 Å². The number of anilines is 2. The number of aliphatic imine (C=N–C) groups is 1. The zero-order valence-corrected chi connectivity index (χ0v) is 14.6.